The van der Waals surface area contributed by atoms with Crippen molar-refractivity contribution in [1.29, 1.82) is 0 Å². The van der Waals surface area contributed by atoms with Gasteiger partial charge in [-0.1, -0.05) is 0 Å². The average molecular weight is 266 g/mol. The largest absolute Gasteiger partial charge is 0.389 e. The Balaban J connectivity index is 1.54. The second-order valence-electron chi connectivity index (χ2n) is 5.17. The van der Waals surface area contributed by atoms with E-state index < -0.39 is 12.6 Å². The summed E-state index contributed by atoms with van der Waals surface area (Å²) in [6.45, 7) is 3.88. The van der Waals surface area contributed by atoms with Crippen molar-refractivity contribution in [3.63, 3.8) is 0 Å². The maximum Gasteiger partial charge on any atom is 0.389 e. The van der Waals surface area contributed by atoms with E-state index in [4.69, 9.17) is 4.74 Å². The van der Waals surface area contributed by atoms with Gasteiger partial charge < -0.3 is 10.1 Å². The van der Waals surface area contributed by atoms with Gasteiger partial charge in [0.05, 0.1) is 12.7 Å². The van der Waals surface area contributed by atoms with Gasteiger partial charge in [-0.05, 0) is 32.4 Å². The third-order valence-corrected chi connectivity index (χ3v) is 3.65. The lowest BCUT2D eigenvalue weighted by Crippen LogP contribution is -2.49. The minimum atomic E-state index is -4.04. The molecular weight excluding hydrogens is 245 g/mol. The smallest absolute Gasteiger partial charge is 0.374 e. The molecule has 0 amide bonds. The van der Waals surface area contributed by atoms with E-state index in [1.807, 2.05) is 0 Å². The van der Waals surface area contributed by atoms with Crippen LogP contribution < -0.4 is 5.32 Å². The standard InChI is InChI=1S/C12H21F3N2O/c13-12(14,15)4-2-5-16-7-11-8-17-6-1-3-10(17)9-18-11/h10-11,16H,1-9H2. The fourth-order valence-corrected chi connectivity index (χ4v) is 2.69. The highest BCUT2D eigenvalue weighted by atomic mass is 19.4. The molecule has 0 aromatic rings. The van der Waals surface area contributed by atoms with Crippen LogP contribution in [0.25, 0.3) is 0 Å². The first kappa shape index (κ1) is 14.1. The summed E-state index contributed by atoms with van der Waals surface area (Å²) in [5.41, 5.74) is 0. The molecule has 0 bridgehead atoms. The Morgan fingerprint density at radius 2 is 2.17 bits per heavy atom. The highest BCUT2D eigenvalue weighted by Crippen LogP contribution is 2.22. The molecule has 2 saturated heterocycles. The molecule has 0 aromatic carbocycles. The summed E-state index contributed by atoms with van der Waals surface area (Å²) >= 11 is 0. The summed E-state index contributed by atoms with van der Waals surface area (Å²) in [7, 11) is 0. The van der Waals surface area contributed by atoms with Gasteiger partial charge in [-0.15, -0.1) is 0 Å². The predicted molar refractivity (Wildman–Crippen MR) is 62.5 cm³/mol. The maximum atomic E-state index is 11.9. The lowest BCUT2D eigenvalue weighted by atomic mass is 10.2. The van der Waals surface area contributed by atoms with E-state index in [0.717, 1.165) is 19.7 Å². The summed E-state index contributed by atoms with van der Waals surface area (Å²) in [5.74, 6) is 0. The molecule has 0 aliphatic carbocycles. The second kappa shape index (κ2) is 6.21. The van der Waals surface area contributed by atoms with Crippen LogP contribution in [-0.2, 0) is 4.74 Å². The quantitative estimate of drug-likeness (QED) is 0.768. The molecule has 2 aliphatic heterocycles. The Morgan fingerprint density at radius 3 is 2.94 bits per heavy atom. The zero-order valence-corrected chi connectivity index (χ0v) is 10.5. The number of hydrogen-bond acceptors (Lipinski definition) is 3. The van der Waals surface area contributed by atoms with E-state index in [1.165, 1.54) is 12.8 Å². The normalized spacial score (nSPS) is 29.5. The first-order valence-corrected chi connectivity index (χ1v) is 6.68. The van der Waals surface area contributed by atoms with Crippen molar-refractivity contribution >= 4 is 0 Å². The molecule has 2 atom stereocenters. The molecule has 0 radical (unpaired) electrons. The number of nitrogens with zero attached hydrogens (tertiary/aromatic N) is 1. The van der Waals surface area contributed by atoms with Gasteiger partial charge in [0, 0.05) is 25.6 Å². The summed E-state index contributed by atoms with van der Waals surface area (Å²) in [6.07, 6.45) is -2.02. The van der Waals surface area contributed by atoms with Crippen LogP contribution in [0.2, 0.25) is 0 Å². The van der Waals surface area contributed by atoms with E-state index in [-0.39, 0.29) is 12.5 Å². The summed E-state index contributed by atoms with van der Waals surface area (Å²) < 4.78 is 41.5. The van der Waals surface area contributed by atoms with Crippen LogP contribution in [0.5, 0.6) is 0 Å². The zero-order valence-electron chi connectivity index (χ0n) is 10.5. The highest BCUT2D eigenvalue weighted by molar-refractivity contribution is 4.85. The number of halogens is 3. The zero-order chi connectivity index (χ0) is 13.0. The van der Waals surface area contributed by atoms with Crippen molar-refractivity contribution in [1.82, 2.24) is 10.2 Å². The Hall–Kier alpha value is -0.330. The van der Waals surface area contributed by atoms with Crippen molar-refractivity contribution in [3.05, 3.63) is 0 Å². The molecule has 0 spiro atoms. The molecule has 18 heavy (non-hydrogen) atoms. The van der Waals surface area contributed by atoms with Crippen molar-refractivity contribution < 1.29 is 17.9 Å². The first-order valence-electron chi connectivity index (χ1n) is 6.68. The van der Waals surface area contributed by atoms with Crippen molar-refractivity contribution in [2.75, 3.05) is 32.8 Å². The summed E-state index contributed by atoms with van der Waals surface area (Å²) in [4.78, 5) is 2.44. The SMILES string of the molecule is FC(F)(F)CCCNCC1CN2CCCC2CO1. The molecular formula is C12H21F3N2O. The average Bonchev–Trinajstić information content (AvgIpc) is 2.74. The molecule has 2 unspecified atom stereocenters. The predicted octanol–water partition coefficient (Wildman–Crippen LogP) is 1.78. The van der Waals surface area contributed by atoms with Crippen LogP contribution in [0.15, 0.2) is 0 Å². The van der Waals surface area contributed by atoms with Gasteiger partial charge in [0.15, 0.2) is 0 Å². The monoisotopic (exact) mass is 266 g/mol. The van der Waals surface area contributed by atoms with Crippen molar-refractivity contribution in [3.8, 4) is 0 Å². The molecule has 6 heteroatoms. The second-order valence-corrected chi connectivity index (χ2v) is 5.17. The van der Waals surface area contributed by atoms with Crippen LogP contribution in [0.3, 0.4) is 0 Å². The van der Waals surface area contributed by atoms with Crippen LogP contribution in [0.1, 0.15) is 25.7 Å². The van der Waals surface area contributed by atoms with E-state index in [9.17, 15) is 13.2 Å². The number of alkyl halides is 3. The number of rotatable bonds is 5. The molecule has 2 heterocycles. The van der Waals surface area contributed by atoms with Gasteiger partial charge in [-0.25, -0.2) is 0 Å². The molecule has 106 valence electrons. The number of hydrogen-bond donors (Lipinski definition) is 1. The van der Waals surface area contributed by atoms with Crippen LogP contribution >= 0.6 is 0 Å². The fourth-order valence-electron chi connectivity index (χ4n) is 2.69. The molecule has 0 aromatic heterocycles. The lowest BCUT2D eigenvalue weighted by molar-refractivity contribution is -0.135. The van der Waals surface area contributed by atoms with Crippen LogP contribution in [0.4, 0.5) is 13.2 Å². The number of fused-ring (bicyclic) bond motifs is 1. The molecule has 3 nitrogen and oxygen atoms in total. The van der Waals surface area contributed by atoms with Gasteiger partial charge in [0.1, 0.15) is 0 Å². The molecule has 2 aliphatic rings. The van der Waals surface area contributed by atoms with Crippen LogP contribution in [-0.4, -0.2) is 56.0 Å². The molecule has 2 rings (SSSR count). The van der Waals surface area contributed by atoms with Gasteiger partial charge in [0.2, 0.25) is 0 Å². The third-order valence-electron chi connectivity index (χ3n) is 3.65. The van der Waals surface area contributed by atoms with Crippen molar-refractivity contribution in [2.24, 2.45) is 0 Å². The minimum Gasteiger partial charge on any atom is -0.374 e. The Labute approximate surface area is 106 Å². The molecule has 1 N–H and O–H groups in total. The Kier molecular flexibility index (Phi) is 4.86. The van der Waals surface area contributed by atoms with Crippen molar-refractivity contribution in [2.45, 2.75) is 44.0 Å². The summed E-state index contributed by atoms with van der Waals surface area (Å²) in [6, 6.07) is 0.575. The Bertz CT molecular complexity index is 260. The molecule has 0 saturated carbocycles. The fraction of sp³-hybridized carbons (Fsp3) is 1.00. The maximum absolute atomic E-state index is 11.9. The van der Waals surface area contributed by atoms with E-state index in [1.54, 1.807) is 0 Å². The van der Waals surface area contributed by atoms with E-state index in [0.29, 0.717) is 19.1 Å². The van der Waals surface area contributed by atoms with Gasteiger partial charge >= 0.3 is 6.18 Å². The summed E-state index contributed by atoms with van der Waals surface area (Å²) in [5, 5.41) is 3.06. The first-order chi connectivity index (χ1) is 8.54. The van der Waals surface area contributed by atoms with E-state index >= 15 is 0 Å². The number of morpholine rings is 1. The van der Waals surface area contributed by atoms with Gasteiger partial charge in [-0.3, -0.25) is 4.90 Å². The molecule has 2 fully saturated rings. The number of ether oxygens (including phenoxy) is 1. The lowest BCUT2D eigenvalue weighted by Gasteiger charge is -2.35. The van der Waals surface area contributed by atoms with Gasteiger partial charge in [-0.2, -0.15) is 13.2 Å². The third kappa shape index (κ3) is 4.40. The van der Waals surface area contributed by atoms with Crippen LogP contribution in [0, 0.1) is 0 Å². The Morgan fingerprint density at radius 1 is 1.33 bits per heavy atom. The van der Waals surface area contributed by atoms with Gasteiger partial charge in [0.25, 0.3) is 0 Å². The van der Waals surface area contributed by atoms with E-state index in [2.05, 4.69) is 10.2 Å². The topological polar surface area (TPSA) is 24.5 Å². The minimum absolute atomic E-state index is 0.130. The number of nitrogens with one attached hydrogen (secondary N) is 1. The highest BCUT2D eigenvalue weighted by Gasteiger charge is 2.32.